The quantitative estimate of drug-likeness (QED) is 0.325. The van der Waals surface area contributed by atoms with Gasteiger partial charge in [0.2, 0.25) is 0 Å². The van der Waals surface area contributed by atoms with Crippen LogP contribution < -0.4 is 0 Å². The molecule has 0 heterocycles. The van der Waals surface area contributed by atoms with Crippen LogP contribution in [0.3, 0.4) is 0 Å². The van der Waals surface area contributed by atoms with E-state index in [1.807, 2.05) is 0 Å². The van der Waals surface area contributed by atoms with E-state index in [1.54, 1.807) is 6.92 Å². The van der Waals surface area contributed by atoms with E-state index in [0.29, 0.717) is 29.6 Å². The number of carbonyl (C=O) groups is 1. The van der Waals surface area contributed by atoms with E-state index in [0.717, 1.165) is 25.7 Å². The van der Waals surface area contributed by atoms with Crippen LogP contribution in [0.4, 0.5) is 0 Å². The maximum absolute atomic E-state index is 12.4. The van der Waals surface area contributed by atoms with Crippen LogP contribution in [-0.4, -0.2) is 23.3 Å². The van der Waals surface area contributed by atoms with Gasteiger partial charge < -0.3 is 9.84 Å². The monoisotopic (exact) mass is 484 g/mol. The second-order valence-electron chi connectivity index (χ2n) is 15.4. The van der Waals surface area contributed by atoms with Gasteiger partial charge in [0.05, 0.1) is 6.10 Å². The number of rotatable bonds is 2. The van der Waals surface area contributed by atoms with E-state index in [9.17, 15) is 9.90 Å². The third kappa shape index (κ3) is 3.21. The molecule has 0 aromatic carbocycles. The van der Waals surface area contributed by atoms with Crippen molar-refractivity contribution in [2.24, 2.45) is 56.7 Å². The van der Waals surface area contributed by atoms with E-state index >= 15 is 0 Å². The van der Waals surface area contributed by atoms with Crippen LogP contribution in [0.1, 0.15) is 113 Å². The smallest absolute Gasteiger partial charge is 0.302 e. The first-order valence-electron chi connectivity index (χ1n) is 14.6. The molecule has 0 aromatic rings. The molecule has 0 spiro atoms. The molecule has 0 radical (unpaired) electrons. The van der Waals surface area contributed by atoms with E-state index in [2.05, 4.69) is 55.0 Å². The Morgan fingerprint density at radius 3 is 2.11 bits per heavy atom. The first-order valence-corrected chi connectivity index (χ1v) is 14.6. The van der Waals surface area contributed by atoms with Gasteiger partial charge in [0, 0.05) is 12.3 Å². The molecule has 5 saturated carbocycles. The number of carbonyl (C=O) groups excluding carboxylic acids is 1. The minimum Gasteiger partial charge on any atom is -0.462 e. The number of hydrogen-bond donors (Lipinski definition) is 1. The summed E-state index contributed by atoms with van der Waals surface area (Å²) in [6.07, 6.45) is 10.3. The number of ether oxygens (including phenoxy) is 1. The Bertz CT molecular complexity index is 906. The maximum Gasteiger partial charge on any atom is 0.302 e. The van der Waals surface area contributed by atoms with Gasteiger partial charge >= 0.3 is 5.97 Å². The summed E-state index contributed by atoms with van der Waals surface area (Å²) in [5, 5.41) is 11.0. The largest absolute Gasteiger partial charge is 0.462 e. The van der Waals surface area contributed by atoms with Gasteiger partial charge in [0.25, 0.3) is 0 Å². The summed E-state index contributed by atoms with van der Waals surface area (Å²) in [6, 6.07) is 0. The zero-order valence-electron chi connectivity index (χ0n) is 23.9. The molecule has 0 aliphatic heterocycles. The van der Waals surface area contributed by atoms with E-state index in [1.165, 1.54) is 37.7 Å². The van der Waals surface area contributed by atoms with Crippen molar-refractivity contribution in [3.63, 3.8) is 0 Å². The summed E-state index contributed by atoms with van der Waals surface area (Å²) in [7, 11) is 0. The predicted octanol–water partition coefficient (Wildman–Crippen LogP) is 7.57. The molecule has 5 fully saturated rings. The number of esters is 1. The molecule has 3 nitrogen and oxygen atoms in total. The van der Waals surface area contributed by atoms with E-state index < -0.39 is 0 Å². The van der Waals surface area contributed by atoms with Crippen LogP contribution in [0.15, 0.2) is 12.2 Å². The summed E-state index contributed by atoms with van der Waals surface area (Å²) in [6.45, 7) is 23.2. The lowest BCUT2D eigenvalue weighted by Gasteiger charge is -2.73. The standard InChI is InChI=1S/C32H52O3/c1-19(2)21-12-15-30(7)26(35-20(3)33)18-32(9)22(27(21)30)10-11-24-29(6)16-14-25(34)28(4,5)23(29)13-17-31(24,32)8/h21-27,34H,1,10-18H2,2-9H3/t21-,22+,23-,24+,25-,26-,27+,29-,30+,31+,32+/m0/s1. The Kier molecular flexibility index (Phi) is 5.78. The van der Waals surface area contributed by atoms with Crippen LogP contribution in [0, 0.1) is 56.7 Å². The SMILES string of the molecule is C=C(C)[C@@H]1CC[C@@]2(C)[C@H]1[C@H]1CC[C@@H]3[C@@]4(C)CC[C@H](O)C(C)(C)[C@@H]4CC[C@@]3(C)[C@]1(C)C[C@@H]2OC(C)=O. The Morgan fingerprint density at radius 2 is 1.49 bits per heavy atom. The van der Waals surface area contributed by atoms with Gasteiger partial charge in [-0.25, -0.2) is 0 Å². The van der Waals surface area contributed by atoms with Gasteiger partial charge in [0.1, 0.15) is 6.10 Å². The van der Waals surface area contributed by atoms with E-state index in [4.69, 9.17) is 4.74 Å². The highest BCUT2D eigenvalue weighted by Gasteiger charge is 2.72. The second-order valence-corrected chi connectivity index (χ2v) is 15.4. The molecule has 0 saturated heterocycles. The van der Waals surface area contributed by atoms with Crippen molar-refractivity contribution >= 4 is 5.97 Å². The van der Waals surface area contributed by atoms with Gasteiger partial charge in [-0.1, -0.05) is 53.7 Å². The molecule has 11 atom stereocenters. The molecule has 0 bridgehead atoms. The molecule has 3 heteroatoms. The van der Waals surface area contributed by atoms with Crippen molar-refractivity contribution in [1.29, 1.82) is 0 Å². The molecular formula is C32H52O3. The van der Waals surface area contributed by atoms with Crippen molar-refractivity contribution in [2.75, 3.05) is 0 Å². The number of fused-ring (bicyclic) bond motifs is 7. The molecule has 198 valence electrons. The van der Waals surface area contributed by atoms with Crippen LogP contribution in [0.2, 0.25) is 0 Å². The fourth-order valence-electron chi connectivity index (χ4n) is 11.9. The van der Waals surface area contributed by atoms with Crippen molar-refractivity contribution in [3.05, 3.63) is 12.2 Å². The van der Waals surface area contributed by atoms with Crippen LogP contribution in [0.25, 0.3) is 0 Å². The summed E-state index contributed by atoms with van der Waals surface area (Å²) in [4.78, 5) is 12.4. The lowest BCUT2D eigenvalue weighted by atomic mass is 9.32. The fourth-order valence-corrected chi connectivity index (χ4v) is 11.9. The Labute approximate surface area is 214 Å². The van der Waals surface area contributed by atoms with Crippen molar-refractivity contribution < 1.29 is 14.6 Å². The number of allylic oxidation sites excluding steroid dienone is 1. The first-order chi connectivity index (χ1) is 16.1. The first kappa shape index (κ1) is 25.8. The predicted molar refractivity (Wildman–Crippen MR) is 142 cm³/mol. The van der Waals surface area contributed by atoms with Crippen molar-refractivity contribution in [2.45, 2.75) is 125 Å². The fraction of sp³-hybridized carbons (Fsp3) is 0.906. The molecule has 1 N–H and O–H groups in total. The highest BCUT2D eigenvalue weighted by Crippen LogP contribution is 2.77. The molecule has 5 aliphatic carbocycles. The number of hydrogen-bond acceptors (Lipinski definition) is 3. The molecule has 0 unspecified atom stereocenters. The zero-order valence-corrected chi connectivity index (χ0v) is 23.9. The Hall–Kier alpha value is -0.830. The molecule has 5 aliphatic rings. The minimum atomic E-state index is -0.185. The highest BCUT2D eigenvalue weighted by molar-refractivity contribution is 5.66. The van der Waals surface area contributed by atoms with Gasteiger partial charge in [0.15, 0.2) is 0 Å². The lowest BCUT2D eigenvalue weighted by Crippen LogP contribution is -2.68. The minimum absolute atomic E-state index is 0.00123. The van der Waals surface area contributed by atoms with E-state index in [-0.39, 0.29) is 45.3 Å². The Morgan fingerprint density at radius 1 is 0.829 bits per heavy atom. The molecule has 0 aromatic heterocycles. The molecular weight excluding hydrogens is 432 g/mol. The third-order valence-electron chi connectivity index (χ3n) is 13.8. The van der Waals surface area contributed by atoms with Gasteiger partial charge in [-0.05, 0) is 116 Å². The summed E-state index contributed by atoms with van der Waals surface area (Å²) >= 11 is 0. The number of aliphatic hydroxyl groups is 1. The summed E-state index contributed by atoms with van der Waals surface area (Å²) < 4.78 is 6.25. The topological polar surface area (TPSA) is 46.5 Å². The molecule has 35 heavy (non-hydrogen) atoms. The van der Waals surface area contributed by atoms with Crippen molar-refractivity contribution in [1.82, 2.24) is 0 Å². The Balaban J connectivity index is 1.59. The second kappa shape index (κ2) is 7.84. The highest BCUT2D eigenvalue weighted by atomic mass is 16.5. The lowest BCUT2D eigenvalue weighted by molar-refractivity contribution is -0.263. The summed E-state index contributed by atoms with van der Waals surface area (Å²) in [5.74, 6) is 2.87. The van der Waals surface area contributed by atoms with Crippen molar-refractivity contribution in [3.8, 4) is 0 Å². The van der Waals surface area contributed by atoms with Gasteiger partial charge in [-0.15, -0.1) is 0 Å². The summed E-state index contributed by atoms with van der Waals surface area (Å²) in [5.41, 5.74) is 2.00. The molecule has 0 amide bonds. The average Bonchev–Trinajstić information content (AvgIpc) is 3.10. The maximum atomic E-state index is 12.4. The van der Waals surface area contributed by atoms with Gasteiger partial charge in [-0.3, -0.25) is 4.79 Å². The number of aliphatic hydroxyl groups excluding tert-OH is 1. The van der Waals surface area contributed by atoms with Crippen LogP contribution in [-0.2, 0) is 9.53 Å². The van der Waals surface area contributed by atoms with Crippen LogP contribution in [0.5, 0.6) is 0 Å². The van der Waals surface area contributed by atoms with Crippen LogP contribution >= 0.6 is 0 Å². The zero-order chi connectivity index (χ0) is 25.8. The molecule has 5 rings (SSSR count). The van der Waals surface area contributed by atoms with Gasteiger partial charge in [-0.2, -0.15) is 0 Å². The normalized spacial score (nSPS) is 54.6. The average molecular weight is 485 g/mol. The third-order valence-corrected chi connectivity index (χ3v) is 13.8.